The van der Waals surface area contributed by atoms with Gasteiger partial charge >= 0.3 is 0 Å². The third kappa shape index (κ3) is 25.3. The van der Waals surface area contributed by atoms with Crippen molar-refractivity contribution in [2.75, 3.05) is 0 Å². The van der Waals surface area contributed by atoms with E-state index >= 15 is 0 Å². The molecule has 0 aliphatic heterocycles. The first-order chi connectivity index (χ1) is 56.0. The second-order valence-electron chi connectivity index (χ2n) is 44.6. The van der Waals surface area contributed by atoms with E-state index in [1.54, 1.807) is 242 Å². The highest BCUT2D eigenvalue weighted by atomic mass is 14.6. The van der Waals surface area contributed by atoms with Crippen molar-refractivity contribution in [2.24, 2.45) is 166 Å². The molecule has 18 rings (SSSR count). The highest BCUT2D eigenvalue weighted by Gasteiger charge is 2.51. The van der Waals surface area contributed by atoms with Crippen molar-refractivity contribution in [1.82, 2.24) is 0 Å². The Morgan fingerprint density at radius 3 is 0.833 bits per heavy atom. The number of unbranched alkanes of at least 4 members (excludes halogenated alkanes) is 2. The number of benzene rings is 2. The van der Waals surface area contributed by atoms with Gasteiger partial charge in [-0.1, -0.05) is 324 Å². The van der Waals surface area contributed by atoms with E-state index in [0.717, 1.165) is 178 Å². The Morgan fingerprint density at radius 1 is 0.228 bits per heavy atom. The summed E-state index contributed by atoms with van der Waals surface area (Å²) in [5.41, 5.74) is 3.27. The van der Waals surface area contributed by atoms with Crippen molar-refractivity contribution in [3.8, 4) is 0 Å². The van der Waals surface area contributed by atoms with E-state index in [-0.39, 0.29) is 0 Å². The predicted molar refractivity (Wildman–Crippen MR) is 501 cm³/mol. The fourth-order valence-corrected chi connectivity index (χ4v) is 32.7. The summed E-state index contributed by atoms with van der Waals surface area (Å²) < 4.78 is 0. The highest BCUT2D eigenvalue weighted by Crippen LogP contribution is 2.61. The Balaban J connectivity index is 0.000000145. The monoisotopic (exact) mass is 1570 g/mol. The van der Waals surface area contributed by atoms with E-state index in [1.807, 2.05) is 0 Å². The second kappa shape index (κ2) is 50.3. The van der Waals surface area contributed by atoms with Gasteiger partial charge in [-0.05, 0) is 394 Å². The molecule has 0 heterocycles. The summed E-state index contributed by atoms with van der Waals surface area (Å²) in [7, 11) is 0. The van der Waals surface area contributed by atoms with Crippen LogP contribution in [0.4, 0.5) is 0 Å². The quantitative estimate of drug-likeness (QED) is 0.124. The van der Waals surface area contributed by atoms with Crippen molar-refractivity contribution < 1.29 is 0 Å². The number of rotatable bonds is 20. The summed E-state index contributed by atoms with van der Waals surface area (Å²) in [6.07, 6.45) is 91.6. The van der Waals surface area contributed by atoms with Crippen LogP contribution in [0.2, 0.25) is 0 Å². The van der Waals surface area contributed by atoms with Crippen LogP contribution in [0, 0.1) is 166 Å². The van der Waals surface area contributed by atoms with E-state index in [1.165, 1.54) is 154 Å². The molecule has 30 atom stereocenters. The van der Waals surface area contributed by atoms with Gasteiger partial charge in [-0.25, -0.2) is 0 Å². The highest BCUT2D eigenvalue weighted by molar-refractivity contribution is 5.24. The molecule has 0 spiro atoms. The molecule has 2 aromatic carbocycles. The SMILES string of the molecule is CC(CC1CCC2CCCCC21)C1CCC2CCCCC21.CC(CC1CCC2CCCCC21)C1CCC2CCCCC21.CCC.CCC.CCC.CCC.CCCCC1CC(CCC2CC(CCCC)C3CCCCC23)C2CCCCC12.c1ccc(C2CCCC3C(CCC4CCC5C(c6ccccc6)CCCC45)CCC23)cc1. The van der Waals surface area contributed by atoms with E-state index in [0.29, 0.717) is 0 Å². The predicted octanol–water partition coefficient (Wildman–Crippen LogP) is 36.6. The lowest BCUT2D eigenvalue weighted by Crippen LogP contribution is -2.27. The molecule has 16 aliphatic carbocycles. The first-order valence-electron chi connectivity index (χ1n) is 54.1. The van der Waals surface area contributed by atoms with Crippen LogP contribution in [-0.4, -0.2) is 0 Å². The maximum absolute atomic E-state index is 2.64. The van der Waals surface area contributed by atoms with Crippen molar-refractivity contribution >= 4 is 0 Å². The average molecular weight is 1570 g/mol. The molecule has 0 heteroatoms. The van der Waals surface area contributed by atoms with Gasteiger partial charge in [-0.15, -0.1) is 0 Å². The van der Waals surface area contributed by atoms with Crippen molar-refractivity contribution in [2.45, 2.75) is 480 Å². The van der Waals surface area contributed by atoms with E-state index < -0.39 is 0 Å². The molecule has 0 N–H and O–H groups in total. The zero-order chi connectivity index (χ0) is 80.0. The molecule has 652 valence electrons. The maximum Gasteiger partial charge on any atom is -0.0131 e. The smallest absolute Gasteiger partial charge is 0.0131 e. The Labute approximate surface area is 713 Å². The molecule has 0 radical (unpaired) electrons. The molecule has 114 heavy (non-hydrogen) atoms. The van der Waals surface area contributed by atoms with Crippen LogP contribution in [0.3, 0.4) is 0 Å². The topological polar surface area (TPSA) is 0 Å². The average Bonchev–Trinajstić information content (AvgIpc) is 1.83. The maximum atomic E-state index is 2.64. The molecule has 0 aromatic heterocycles. The number of hydrogen-bond donors (Lipinski definition) is 0. The van der Waals surface area contributed by atoms with E-state index in [2.05, 4.69) is 144 Å². The molecule has 0 amide bonds. The molecule has 16 saturated carbocycles. The summed E-state index contributed by atoms with van der Waals surface area (Å²) in [6, 6.07) is 23.0. The lowest BCUT2D eigenvalue weighted by molar-refractivity contribution is 0.145. The third-order valence-corrected chi connectivity index (χ3v) is 37.3. The Morgan fingerprint density at radius 2 is 0.491 bits per heavy atom. The molecule has 30 unspecified atom stereocenters. The van der Waals surface area contributed by atoms with Crippen molar-refractivity contribution in [3.63, 3.8) is 0 Å². The summed E-state index contributed by atoms with van der Waals surface area (Å²) in [4.78, 5) is 0. The Bertz CT molecular complexity index is 2580. The molecular formula is C114H196. The lowest BCUT2D eigenvalue weighted by atomic mass is 9.67. The Hall–Kier alpha value is -1.56. The van der Waals surface area contributed by atoms with Gasteiger partial charge in [0.05, 0.1) is 0 Å². The summed E-state index contributed by atoms with van der Waals surface area (Å²) in [6.45, 7) is 27.1. The standard InChI is InChI=1S/C32H42.C28H50.2C21H36.4C3H8/c1-3-9-23(10-4-1)27-13-7-15-29-25(19-21-31(27)29)17-18-26-20-22-32-28(14-8-16-30(26)32)24-11-5-2-6-12-24;1-3-5-11-21-19-23(27-15-9-7-13-25(21)27)17-18-24-20-22(12-6-4-2)26-14-8-10-16-28(24)26;2*1-15(19-13-12-17-7-3-5-9-21(17)19)14-18-11-10-16-6-2-4-8-20(16)18;4*1-3-2/h1-6,9-12,25-32H,7-8,13-22H2;21-28H,3-20H2,1-2H3;2*15-21H,2-14H2,1H3;4*3H2,1-2H3. The third-order valence-electron chi connectivity index (χ3n) is 37.3. The minimum Gasteiger partial charge on any atom is -0.0656 e. The number of hydrogen-bond acceptors (Lipinski definition) is 0. The Kier molecular flexibility index (Phi) is 41.1. The van der Waals surface area contributed by atoms with Crippen LogP contribution in [-0.2, 0) is 0 Å². The van der Waals surface area contributed by atoms with Crippen LogP contribution in [0.15, 0.2) is 60.7 Å². The first kappa shape index (κ1) is 93.1. The molecule has 16 fully saturated rings. The first-order valence-corrected chi connectivity index (χ1v) is 54.1. The summed E-state index contributed by atoms with van der Waals surface area (Å²) >= 11 is 0. The minimum atomic E-state index is 0.848. The fourth-order valence-electron chi connectivity index (χ4n) is 32.7. The normalized spacial score (nSPS) is 39.8. The van der Waals surface area contributed by atoms with Crippen molar-refractivity contribution in [3.05, 3.63) is 71.8 Å². The van der Waals surface area contributed by atoms with Crippen LogP contribution in [0.5, 0.6) is 0 Å². The largest absolute Gasteiger partial charge is 0.0656 e. The molecule has 16 aliphatic rings. The van der Waals surface area contributed by atoms with Gasteiger partial charge in [-0.2, -0.15) is 0 Å². The molecule has 0 bridgehead atoms. The van der Waals surface area contributed by atoms with Crippen LogP contribution in [0.25, 0.3) is 0 Å². The molecular weight excluding hydrogens is 1370 g/mol. The van der Waals surface area contributed by atoms with E-state index in [4.69, 9.17) is 0 Å². The van der Waals surface area contributed by atoms with Crippen LogP contribution in [0.1, 0.15) is 491 Å². The zero-order valence-electron chi connectivity index (χ0n) is 78.5. The van der Waals surface area contributed by atoms with Gasteiger partial charge in [0.2, 0.25) is 0 Å². The molecule has 0 nitrogen and oxygen atoms in total. The van der Waals surface area contributed by atoms with Gasteiger partial charge in [0.1, 0.15) is 0 Å². The summed E-state index contributed by atoms with van der Waals surface area (Å²) in [5, 5.41) is 0. The molecule has 0 saturated heterocycles. The van der Waals surface area contributed by atoms with Gasteiger partial charge < -0.3 is 0 Å². The van der Waals surface area contributed by atoms with Crippen LogP contribution >= 0.6 is 0 Å². The summed E-state index contributed by atoms with van der Waals surface area (Å²) in [5.74, 6) is 32.4. The van der Waals surface area contributed by atoms with E-state index in [9.17, 15) is 0 Å². The zero-order valence-corrected chi connectivity index (χ0v) is 78.5. The molecule has 2 aromatic rings. The lowest BCUT2D eigenvalue weighted by Gasteiger charge is -2.38. The second-order valence-corrected chi connectivity index (χ2v) is 44.6. The minimum absolute atomic E-state index is 0.848. The fraction of sp³-hybridized carbons (Fsp3) is 0.895. The van der Waals surface area contributed by atoms with Gasteiger partial charge in [0.25, 0.3) is 0 Å². The van der Waals surface area contributed by atoms with Gasteiger partial charge in [-0.3, -0.25) is 0 Å². The number of fused-ring (bicyclic) bond motifs is 8. The van der Waals surface area contributed by atoms with Gasteiger partial charge in [0, 0.05) is 0 Å². The van der Waals surface area contributed by atoms with Crippen molar-refractivity contribution in [1.29, 1.82) is 0 Å². The van der Waals surface area contributed by atoms with Gasteiger partial charge in [0.15, 0.2) is 0 Å². The van der Waals surface area contributed by atoms with Crippen LogP contribution < -0.4 is 0 Å².